The van der Waals surface area contributed by atoms with E-state index in [0.717, 1.165) is 13.1 Å². The van der Waals surface area contributed by atoms with Crippen molar-refractivity contribution in [3.8, 4) is 0 Å². The fourth-order valence-electron chi connectivity index (χ4n) is 1.88. The van der Waals surface area contributed by atoms with Gasteiger partial charge in [-0.15, -0.1) is 0 Å². The van der Waals surface area contributed by atoms with Gasteiger partial charge in [-0.25, -0.2) is 0 Å². The van der Waals surface area contributed by atoms with Crippen LogP contribution in [0.3, 0.4) is 0 Å². The molecule has 17 heavy (non-hydrogen) atoms. The predicted molar refractivity (Wildman–Crippen MR) is 73.8 cm³/mol. The molecular weight excluding hydrogens is 212 g/mol. The Bertz CT molecular complexity index is 218. The van der Waals surface area contributed by atoms with Crippen LogP contribution in [0.25, 0.3) is 0 Å². The minimum absolute atomic E-state index is 0.206. The van der Waals surface area contributed by atoms with Gasteiger partial charge < -0.3 is 5.73 Å². The summed E-state index contributed by atoms with van der Waals surface area (Å²) >= 11 is 0. The lowest BCUT2D eigenvalue weighted by atomic mass is 9.83. The van der Waals surface area contributed by atoms with E-state index in [2.05, 4.69) is 25.7 Å². The fraction of sp³-hybridized carbons (Fsp3) is 0.929. The van der Waals surface area contributed by atoms with E-state index in [9.17, 15) is 4.79 Å². The molecule has 2 N–H and O–H groups in total. The third kappa shape index (κ3) is 5.07. The molecule has 0 heterocycles. The summed E-state index contributed by atoms with van der Waals surface area (Å²) < 4.78 is 0. The van der Waals surface area contributed by atoms with Crippen LogP contribution in [0.15, 0.2) is 0 Å². The van der Waals surface area contributed by atoms with E-state index in [1.807, 2.05) is 13.8 Å². The summed E-state index contributed by atoms with van der Waals surface area (Å²) in [5.74, 6) is -0.206. The van der Waals surface area contributed by atoms with Gasteiger partial charge in [-0.05, 0) is 46.7 Å². The molecule has 0 aromatic heterocycles. The standard InChI is InChI=1S/C14H30N2O/c1-6-8-10-16(11-9-7-2)12(3)14(4,5)13(15)17/h12H,6-11H2,1-5H3,(H2,15,17). The summed E-state index contributed by atoms with van der Waals surface area (Å²) in [5.41, 5.74) is 5.04. The minimum atomic E-state index is -0.457. The molecule has 1 atom stereocenters. The van der Waals surface area contributed by atoms with Crippen LogP contribution in [0.1, 0.15) is 60.3 Å². The average molecular weight is 242 g/mol. The van der Waals surface area contributed by atoms with Crippen molar-refractivity contribution in [3.63, 3.8) is 0 Å². The number of hydrogen-bond donors (Lipinski definition) is 1. The number of carbonyl (C=O) groups is 1. The molecule has 0 aliphatic carbocycles. The largest absolute Gasteiger partial charge is 0.369 e. The van der Waals surface area contributed by atoms with E-state index in [-0.39, 0.29) is 11.9 Å². The molecule has 0 spiro atoms. The Morgan fingerprint density at radius 3 is 1.88 bits per heavy atom. The Hall–Kier alpha value is -0.570. The van der Waals surface area contributed by atoms with Crippen molar-refractivity contribution in [2.24, 2.45) is 11.1 Å². The molecule has 1 unspecified atom stereocenters. The summed E-state index contributed by atoms with van der Waals surface area (Å²) in [4.78, 5) is 13.9. The van der Waals surface area contributed by atoms with Crippen molar-refractivity contribution >= 4 is 5.91 Å². The number of hydrogen-bond acceptors (Lipinski definition) is 2. The molecule has 0 radical (unpaired) electrons. The van der Waals surface area contributed by atoms with Crippen molar-refractivity contribution in [1.29, 1.82) is 0 Å². The fourth-order valence-corrected chi connectivity index (χ4v) is 1.88. The van der Waals surface area contributed by atoms with Gasteiger partial charge in [0, 0.05) is 6.04 Å². The van der Waals surface area contributed by atoms with Gasteiger partial charge >= 0.3 is 0 Å². The highest BCUT2D eigenvalue weighted by atomic mass is 16.1. The lowest BCUT2D eigenvalue weighted by Gasteiger charge is -2.38. The molecule has 0 rings (SSSR count). The van der Waals surface area contributed by atoms with Gasteiger partial charge in [0.15, 0.2) is 0 Å². The molecule has 0 aromatic rings. The lowest BCUT2D eigenvalue weighted by molar-refractivity contribution is -0.129. The maximum absolute atomic E-state index is 11.5. The predicted octanol–water partition coefficient (Wildman–Crippen LogP) is 2.79. The molecule has 0 aliphatic rings. The number of nitrogens with two attached hydrogens (primary N) is 1. The van der Waals surface area contributed by atoms with E-state index in [4.69, 9.17) is 5.73 Å². The van der Waals surface area contributed by atoms with E-state index >= 15 is 0 Å². The number of unbranched alkanes of at least 4 members (excludes halogenated alkanes) is 2. The van der Waals surface area contributed by atoms with Crippen LogP contribution in [0.5, 0.6) is 0 Å². The first-order valence-corrected chi connectivity index (χ1v) is 6.91. The van der Waals surface area contributed by atoms with Crippen molar-refractivity contribution in [1.82, 2.24) is 4.90 Å². The molecular formula is C14H30N2O. The first-order valence-electron chi connectivity index (χ1n) is 6.91. The highest BCUT2D eigenvalue weighted by Crippen LogP contribution is 2.25. The molecule has 1 amide bonds. The van der Waals surface area contributed by atoms with Crippen LogP contribution in [-0.2, 0) is 4.79 Å². The SMILES string of the molecule is CCCCN(CCCC)C(C)C(C)(C)C(N)=O. The molecule has 0 bridgehead atoms. The third-order valence-corrected chi connectivity index (χ3v) is 3.82. The topological polar surface area (TPSA) is 46.3 Å². The van der Waals surface area contributed by atoms with Crippen molar-refractivity contribution < 1.29 is 4.79 Å². The molecule has 0 aliphatic heterocycles. The van der Waals surface area contributed by atoms with Crippen LogP contribution in [-0.4, -0.2) is 29.9 Å². The summed E-state index contributed by atoms with van der Waals surface area (Å²) in [5, 5.41) is 0. The molecule has 0 saturated carbocycles. The van der Waals surface area contributed by atoms with Gasteiger partial charge in [-0.2, -0.15) is 0 Å². The highest BCUT2D eigenvalue weighted by Gasteiger charge is 2.35. The normalized spacial score (nSPS) is 14.0. The zero-order chi connectivity index (χ0) is 13.5. The Kier molecular flexibility index (Phi) is 7.44. The van der Waals surface area contributed by atoms with Gasteiger partial charge in [-0.1, -0.05) is 26.7 Å². The van der Waals surface area contributed by atoms with E-state index < -0.39 is 5.41 Å². The van der Waals surface area contributed by atoms with Gasteiger partial charge in [0.05, 0.1) is 5.41 Å². The quantitative estimate of drug-likeness (QED) is 0.676. The minimum Gasteiger partial charge on any atom is -0.369 e. The molecule has 3 heteroatoms. The van der Waals surface area contributed by atoms with Crippen LogP contribution in [0, 0.1) is 5.41 Å². The maximum atomic E-state index is 11.5. The van der Waals surface area contributed by atoms with Crippen molar-refractivity contribution in [2.45, 2.75) is 66.3 Å². The number of nitrogens with zero attached hydrogens (tertiary/aromatic N) is 1. The summed E-state index contributed by atoms with van der Waals surface area (Å²) in [7, 11) is 0. The molecule has 3 nitrogen and oxygen atoms in total. The number of amides is 1. The Balaban J connectivity index is 4.59. The zero-order valence-corrected chi connectivity index (χ0v) is 12.3. The van der Waals surface area contributed by atoms with Gasteiger partial charge in [0.2, 0.25) is 5.91 Å². The van der Waals surface area contributed by atoms with Gasteiger partial charge in [-0.3, -0.25) is 9.69 Å². The number of primary amides is 1. The Morgan fingerprint density at radius 1 is 1.18 bits per heavy atom. The smallest absolute Gasteiger partial charge is 0.224 e. The zero-order valence-electron chi connectivity index (χ0n) is 12.3. The van der Waals surface area contributed by atoms with Crippen LogP contribution in [0.2, 0.25) is 0 Å². The van der Waals surface area contributed by atoms with Crippen LogP contribution < -0.4 is 5.73 Å². The Morgan fingerprint density at radius 2 is 1.59 bits per heavy atom. The average Bonchev–Trinajstić information content (AvgIpc) is 2.28. The summed E-state index contributed by atoms with van der Waals surface area (Å²) in [6.45, 7) is 12.5. The van der Waals surface area contributed by atoms with Crippen molar-refractivity contribution in [2.75, 3.05) is 13.1 Å². The van der Waals surface area contributed by atoms with E-state index in [0.29, 0.717) is 0 Å². The number of carbonyl (C=O) groups excluding carboxylic acids is 1. The molecule has 0 saturated heterocycles. The van der Waals surface area contributed by atoms with Crippen LogP contribution in [0.4, 0.5) is 0 Å². The summed E-state index contributed by atoms with van der Waals surface area (Å²) in [6.07, 6.45) is 4.74. The maximum Gasteiger partial charge on any atom is 0.224 e. The molecule has 0 fully saturated rings. The Labute approximate surface area is 107 Å². The first kappa shape index (κ1) is 16.4. The van der Waals surface area contributed by atoms with Crippen molar-refractivity contribution in [3.05, 3.63) is 0 Å². The lowest BCUT2D eigenvalue weighted by Crippen LogP contribution is -2.50. The van der Waals surface area contributed by atoms with Gasteiger partial charge in [0.1, 0.15) is 0 Å². The van der Waals surface area contributed by atoms with E-state index in [1.165, 1.54) is 25.7 Å². The number of rotatable bonds is 9. The van der Waals surface area contributed by atoms with Gasteiger partial charge in [0.25, 0.3) is 0 Å². The molecule has 0 aromatic carbocycles. The second-order valence-corrected chi connectivity index (χ2v) is 5.50. The van der Waals surface area contributed by atoms with E-state index in [1.54, 1.807) is 0 Å². The van der Waals surface area contributed by atoms with Crippen LogP contribution >= 0.6 is 0 Å². The second-order valence-electron chi connectivity index (χ2n) is 5.50. The monoisotopic (exact) mass is 242 g/mol. The third-order valence-electron chi connectivity index (χ3n) is 3.82. The second kappa shape index (κ2) is 7.70. The summed E-state index contributed by atoms with van der Waals surface area (Å²) in [6, 6.07) is 0.207. The molecule has 102 valence electrons. The first-order chi connectivity index (χ1) is 7.87. The highest BCUT2D eigenvalue weighted by molar-refractivity contribution is 5.80.